The van der Waals surface area contributed by atoms with Gasteiger partial charge in [-0.2, -0.15) is 10.1 Å². The molecule has 3 aliphatic rings. The van der Waals surface area contributed by atoms with E-state index in [0.717, 1.165) is 80.6 Å². The molecule has 1 aliphatic carbocycles. The lowest BCUT2D eigenvalue weighted by Gasteiger charge is -2.29. The predicted molar refractivity (Wildman–Crippen MR) is 140 cm³/mol. The van der Waals surface area contributed by atoms with Gasteiger partial charge in [0.2, 0.25) is 5.95 Å². The summed E-state index contributed by atoms with van der Waals surface area (Å²) in [7, 11) is 0. The molecule has 2 aliphatic heterocycles. The molecule has 1 saturated carbocycles. The molecule has 9 heteroatoms. The van der Waals surface area contributed by atoms with E-state index >= 15 is 0 Å². The molecule has 2 saturated heterocycles. The minimum Gasteiger partial charge on any atom is -0.381 e. The van der Waals surface area contributed by atoms with Gasteiger partial charge in [0.25, 0.3) is 0 Å². The molecule has 3 fully saturated rings. The van der Waals surface area contributed by atoms with Crippen molar-refractivity contribution in [3.63, 3.8) is 0 Å². The standard InChI is InChI=1S/C27H32N8O/c1-2-4-22-19(3-1)15-20(16-29-22)24(18-5-6-18)32-26-25-23(17-30-35(25)21-7-13-36-14-8-21)31-27(33-26)34-11-9-28-10-12-34/h1-4,15-18,21,24,28H,5-14H2,(H,31,32,33)/t24-/m1/s1. The number of fused-ring (bicyclic) bond motifs is 2. The highest BCUT2D eigenvalue weighted by molar-refractivity contribution is 5.87. The molecular formula is C27H32N8O. The highest BCUT2D eigenvalue weighted by Gasteiger charge is 2.34. The van der Waals surface area contributed by atoms with Gasteiger partial charge in [0.05, 0.1) is 23.8 Å². The van der Waals surface area contributed by atoms with Gasteiger partial charge in [-0.3, -0.25) is 9.67 Å². The van der Waals surface area contributed by atoms with Crippen LogP contribution in [0.1, 0.15) is 43.3 Å². The van der Waals surface area contributed by atoms with Crippen LogP contribution in [0.5, 0.6) is 0 Å². The van der Waals surface area contributed by atoms with Gasteiger partial charge in [0, 0.05) is 51.0 Å². The number of piperazine rings is 1. The first-order valence-electron chi connectivity index (χ1n) is 13.2. The Labute approximate surface area is 210 Å². The summed E-state index contributed by atoms with van der Waals surface area (Å²) in [5, 5.41) is 13.3. The van der Waals surface area contributed by atoms with E-state index in [2.05, 4.69) is 44.5 Å². The molecule has 4 aromatic rings. The number of anilines is 2. The zero-order valence-electron chi connectivity index (χ0n) is 20.4. The molecule has 0 bridgehead atoms. The number of pyridine rings is 1. The van der Waals surface area contributed by atoms with Gasteiger partial charge < -0.3 is 20.3 Å². The first kappa shape index (κ1) is 21.9. The van der Waals surface area contributed by atoms with Crippen molar-refractivity contribution in [1.29, 1.82) is 0 Å². The number of nitrogens with one attached hydrogen (secondary N) is 2. The Balaban J connectivity index is 1.32. The molecule has 186 valence electrons. The van der Waals surface area contributed by atoms with Crippen LogP contribution in [0.25, 0.3) is 21.9 Å². The first-order valence-corrected chi connectivity index (χ1v) is 13.2. The van der Waals surface area contributed by atoms with Crippen molar-refractivity contribution in [3.8, 4) is 0 Å². The first-order chi connectivity index (χ1) is 17.8. The lowest BCUT2D eigenvalue weighted by Crippen LogP contribution is -2.44. The SMILES string of the molecule is c1ccc2ncc([C@H](Nc3nc(N4CCNCC4)nc4cnn(C5CCOCC5)c34)C3CC3)cc2c1. The van der Waals surface area contributed by atoms with Gasteiger partial charge in [0.15, 0.2) is 5.82 Å². The van der Waals surface area contributed by atoms with Crippen LogP contribution in [0, 0.1) is 5.92 Å². The van der Waals surface area contributed by atoms with Crippen LogP contribution >= 0.6 is 0 Å². The second kappa shape index (κ2) is 9.29. The Morgan fingerprint density at radius 1 is 0.972 bits per heavy atom. The molecule has 1 aromatic carbocycles. The topological polar surface area (TPSA) is 93.0 Å². The highest BCUT2D eigenvalue weighted by Crippen LogP contribution is 2.44. The third kappa shape index (κ3) is 4.16. The van der Waals surface area contributed by atoms with E-state index in [-0.39, 0.29) is 6.04 Å². The zero-order valence-corrected chi connectivity index (χ0v) is 20.4. The Bertz CT molecular complexity index is 1370. The van der Waals surface area contributed by atoms with Crippen molar-refractivity contribution in [1.82, 2.24) is 30.0 Å². The van der Waals surface area contributed by atoms with Gasteiger partial charge in [-0.15, -0.1) is 0 Å². The highest BCUT2D eigenvalue weighted by atomic mass is 16.5. The van der Waals surface area contributed by atoms with Crippen LogP contribution < -0.4 is 15.5 Å². The summed E-state index contributed by atoms with van der Waals surface area (Å²) in [5.74, 6) is 2.23. The van der Waals surface area contributed by atoms with Gasteiger partial charge in [-0.05, 0) is 49.3 Å². The summed E-state index contributed by atoms with van der Waals surface area (Å²) in [6, 6.07) is 11.1. The van der Waals surface area contributed by atoms with Crippen LogP contribution in [-0.2, 0) is 4.74 Å². The monoisotopic (exact) mass is 484 g/mol. The Hall–Kier alpha value is -3.30. The summed E-state index contributed by atoms with van der Waals surface area (Å²) in [6.07, 6.45) is 8.27. The number of nitrogens with zero attached hydrogens (tertiary/aromatic N) is 6. The van der Waals surface area contributed by atoms with E-state index in [0.29, 0.717) is 12.0 Å². The third-order valence-electron chi connectivity index (χ3n) is 7.73. The lowest BCUT2D eigenvalue weighted by atomic mass is 10.0. The average Bonchev–Trinajstić information content (AvgIpc) is 3.70. The van der Waals surface area contributed by atoms with Crippen LogP contribution in [0.15, 0.2) is 42.7 Å². The smallest absolute Gasteiger partial charge is 0.228 e. The van der Waals surface area contributed by atoms with E-state index < -0.39 is 0 Å². The maximum absolute atomic E-state index is 5.63. The molecule has 1 atom stereocenters. The summed E-state index contributed by atoms with van der Waals surface area (Å²) < 4.78 is 7.77. The maximum Gasteiger partial charge on any atom is 0.228 e. The molecule has 0 spiro atoms. The van der Waals surface area contributed by atoms with Gasteiger partial charge in [-0.1, -0.05) is 18.2 Å². The van der Waals surface area contributed by atoms with Gasteiger partial charge in [-0.25, -0.2) is 4.98 Å². The second-order valence-electron chi connectivity index (χ2n) is 10.2. The molecule has 5 heterocycles. The molecule has 0 amide bonds. The minimum atomic E-state index is 0.147. The number of rotatable bonds is 6. The number of aromatic nitrogens is 5. The lowest BCUT2D eigenvalue weighted by molar-refractivity contribution is 0.0675. The summed E-state index contributed by atoms with van der Waals surface area (Å²) in [5.41, 5.74) is 4.14. The Morgan fingerprint density at radius 3 is 2.64 bits per heavy atom. The van der Waals surface area contributed by atoms with Crippen molar-refractivity contribution >= 4 is 33.7 Å². The Morgan fingerprint density at radius 2 is 1.81 bits per heavy atom. The molecule has 3 aromatic heterocycles. The van der Waals surface area contributed by atoms with Crippen LogP contribution in [0.4, 0.5) is 11.8 Å². The fraction of sp³-hybridized carbons (Fsp3) is 0.481. The fourth-order valence-electron chi connectivity index (χ4n) is 5.57. The van der Waals surface area contributed by atoms with Crippen molar-refractivity contribution in [2.45, 2.75) is 37.8 Å². The third-order valence-corrected chi connectivity index (χ3v) is 7.73. The van der Waals surface area contributed by atoms with E-state index in [1.165, 1.54) is 23.8 Å². The normalized spacial score (nSPS) is 20.2. The molecule has 2 N–H and O–H groups in total. The Kier molecular flexibility index (Phi) is 5.66. The van der Waals surface area contributed by atoms with Crippen molar-refractivity contribution in [2.24, 2.45) is 5.92 Å². The molecule has 0 unspecified atom stereocenters. The van der Waals surface area contributed by atoms with Crippen LogP contribution in [0.2, 0.25) is 0 Å². The quantitative estimate of drug-likeness (QED) is 0.428. The molecule has 7 rings (SSSR count). The van der Waals surface area contributed by atoms with E-state index in [4.69, 9.17) is 24.8 Å². The van der Waals surface area contributed by atoms with E-state index in [9.17, 15) is 0 Å². The molecule has 9 nitrogen and oxygen atoms in total. The summed E-state index contributed by atoms with van der Waals surface area (Å²) in [4.78, 5) is 17.2. The molecule has 36 heavy (non-hydrogen) atoms. The number of hydrogen-bond acceptors (Lipinski definition) is 8. The largest absolute Gasteiger partial charge is 0.381 e. The van der Waals surface area contributed by atoms with Crippen molar-refractivity contribution in [2.75, 3.05) is 49.6 Å². The fourth-order valence-corrected chi connectivity index (χ4v) is 5.57. The van der Waals surface area contributed by atoms with Crippen LogP contribution in [-0.4, -0.2) is 64.1 Å². The van der Waals surface area contributed by atoms with E-state index in [1.807, 2.05) is 18.5 Å². The predicted octanol–water partition coefficient (Wildman–Crippen LogP) is 3.70. The molecule has 0 radical (unpaired) electrons. The molecular weight excluding hydrogens is 452 g/mol. The van der Waals surface area contributed by atoms with E-state index in [1.54, 1.807) is 0 Å². The van der Waals surface area contributed by atoms with Crippen LogP contribution in [0.3, 0.4) is 0 Å². The summed E-state index contributed by atoms with van der Waals surface area (Å²) in [6.45, 7) is 5.22. The number of ether oxygens (including phenoxy) is 1. The number of benzene rings is 1. The zero-order chi connectivity index (χ0) is 23.9. The maximum atomic E-state index is 5.63. The summed E-state index contributed by atoms with van der Waals surface area (Å²) >= 11 is 0. The van der Waals surface area contributed by atoms with Crippen molar-refractivity contribution in [3.05, 3.63) is 48.3 Å². The minimum absolute atomic E-state index is 0.147. The van der Waals surface area contributed by atoms with Gasteiger partial charge in [0.1, 0.15) is 11.0 Å². The van der Waals surface area contributed by atoms with Gasteiger partial charge >= 0.3 is 0 Å². The number of para-hydroxylation sites is 1. The number of hydrogen-bond donors (Lipinski definition) is 2. The average molecular weight is 485 g/mol. The second-order valence-corrected chi connectivity index (χ2v) is 10.2. The van der Waals surface area contributed by atoms with Crippen molar-refractivity contribution < 1.29 is 4.74 Å².